The van der Waals surface area contributed by atoms with Crippen molar-refractivity contribution < 1.29 is 9.90 Å². The molecule has 0 fully saturated rings. The van der Waals surface area contributed by atoms with Crippen LogP contribution in [0, 0.1) is 5.92 Å². The Balaban J connectivity index is 2.55. The van der Waals surface area contributed by atoms with E-state index in [4.69, 9.17) is 10.8 Å². The normalized spacial score (nSPS) is 33.0. The highest BCUT2D eigenvalue weighted by Crippen LogP contribution is 2.16. The molecule has 0 aromatic rings. The number of hydrogen-bond acceptors (Lipinski definition) is 2. The molecule has 1 aliphatic carbocycles. The number of carboxylic acids is 1. The van der Waals surface area contributed by atoms with Gasteiger partial charge in [0, 0.05) is 6.04 Å². The molecular weight excluding hydrogens is 118 g/mol. The van der Waals surface area contributed by atoms with E-state index < -0.39 is 5.97 Å². The first-order chi connectivity index (χ1) is 4.22. The van der Waals surface area contributed by atoms with Crippen LogP contribution in [0.2, 0.25) is 0 Å². The highest BCUT2D eigenvalue weighted by atomic mass is 16.4. The van der Waals surface area contributed by atoms with Gasteiger partial charge in [0.25, 0.3) is 0 Å². The van der Waals surface area contributed by atoms with Crippen molar-refractivity contribution in [3.8, 4) is 0 Å². The Morgan fingerprint density at radius 1 is 1.78 bits per heavy atom. The third-order valence-corrected chi connectivity index (χ3v) is 1.53. The van der Waals surface area contributed by atoms with Crippen LogP contribution in [0.1, 0.15) is 6.42 Å². The first-order valence-electron chi connectivity index (χ1n) is 2.87. The lowest BCUT2D eigenvalue weighted by molar-refractivity contribution is -0.141. The minimum atomic E-state index is -0.799. The van der Waals surface area contributed by atoms with Gasteiger partial charge in [-0.2, -0.15) is 0 Å². The van der Waals surface area contributed by atoms with E-state index in [-0.39, 0.29) is 12.0 Å². The summed E-state index contributed by atoms with van der Waals surface area (Å²) in [5.41, 5.74) is 5.41. The van der Waals surface area contributed by atoms with Gasteiger partial charge >= 0.3 is 5.97 Å². The van der Waals surface area contributed by atoms with E-state index in [1.165, 1.54) is 0 Å². The van der Waals surface area contributed by atoms with Gasteiger partial charge in [0.05, 0.1) is 5.92 Å². The number of hydrogen-bond donors (Lipinski definition) is 2. The molecule has 9 heavy (non-hydrogen) atoms. The molecule has 0 aromatic carbocycles. The van der Waals surface area contributed by atoms with E-state index in [1.54, 1.807) is 6.08 Å². The molecule has 0 heterocycles. The first kappa shape index (κ1) is 6.29. The van der Waals surface area contributed by atoms with Gasteiger partial charge < -0.3 is 10.8 Å². The number of aliphatic carboxylic acids is 1. The minimum Gasteiger partial charge on any atom is -0.481 e. The smallest absolute Gasteiger partial charge is 0.308 e. The highest BCUT2D eigenvalue weighted by molar-refractivity contribution is 5.72. The molecule has 3 N–H and O–H groups in total. The predicted octanol–water partition coefficient (Wildman–Crippen LogP) is -0.0256. The van der Waals surface area contributed by atoms with Crippen LogP contribution in [0.3, 0.4) is 0 Å². The molecule has 0 saturated carbocycles. The number of allylic oxidation sites excluding steroid dienone is 1. The van der Waals surface area contributed by atoms with Crippen molar-refractivity contribution in [3.05, 3.63) is 12.2 Å². The Hall–Kier alpha value is -0.830. The minimum absolute atomic E-state index is 0.275. The Morgan fingerprint density at radius 2 is 2.44 bits per heavy atom. The molecule has 2 atom stereocenters. The Labute approximate surface area is 53.2 Å². The van der Waals surface area contributed by atoms with E-state index in [0.717, 1.165) is 0 Å². The second-order valence-electron chi connectivity index (χ2n) is 2.19. The van der Waals surface area contributed by atoms with Gasteiger partial charge in [-0.05, 0) is 6.42 Å². The SMILES string of the molecule is N[C@H]1C=CC[C@H]1C(=O)O. The second-order valence-corrected chi connectivity index (χ2v) is 2.19. The summed E-state index contributed by atoms with van der Waals surface area (Å²) in [6, 6.07) is -0.275. The zero-order chi connectivity index (χ0) is 6.85. The molecule has 0 bridgehead atoms. The molecule has 3 heteroatoms. The van der Waals surface area contributed by atoms with Gasteiger partial charge in [-0.3, -0.25) is 4.79 Å². The fourth-order valence-electron chi connectivity index (χ4n) is 0.939. The monoisotopic (exact) mass is 127 g/mol. The lowest BCUT2D eigenvalue weighted by Crippen LogP contribution is -2.30. The van der Waals surface area contributed by atoms with E-state index in [9.17, 15) is 4.79 Å². The van der Waals surface area contributed by atoms with E-state index >= 15 is 0 Å². The van der Waals surface area contributed by atoms with Gasteiger partial charge in [0.1, 0.15) is 0 Å². The summed E-state index contributed by atoms with van der Waals surface area (Å²) in [6.07, 6.45) is 4.12. The predicted molar refractivity (Wildman–Crippen MR) is 32.9 cm³/mol. The van der Waals surface area contributed by atoms with Gasteiger partial charge in [-0.1, -0.05) is 12.2 Å². The zero-order valence-electron chi connectivity index (χ0n) is 4.95. The summed E-state index contributed by atoms with van der Waals surface area (Å²) in [6.45, 7) is 0. The fraction of sp³-hybridized carbons (Fsp3) is 0.500. The maximum absolute atomic E-state index is 10.3. The van der Waals surface area contributed by atoms with E-state index in [2.05, 4.69) is 0 Å². The summed E-state index contributed by atoms with van der Waals surface area (Å²) in [7, 11) is 0. The summed E-state index contributed by atoms with van der Waals surface area (Å²) in [5.74, 6) is -1.18. The first-order valence-corrected chi connectivity index (χ1v) is 2.87. The Morgan fingerprint density at radius 3 is 2.67 bits per heavy atom. The molecule has 3 nitrogen and oxygen atoms in total. The van der Waals surface area contributed by atoms with Crippen LogP contribution < -0.4 is 5.73 Å². The third-order valence-electron chi connectivity index (χ3n) is 1.53. The van der Waals surface area contributed by atoms with Crippen LogP contribution in [-0.2, 0) is 4.79 Å². The zero-order valence-corrected chi connectivity index (χ0v) is 4.95. The lowest BCUT2D eigenvalue weighted by atomic mass is 10.0. The molecule has 50 valence electrons. The maximum atomic E-state index is 10.3. The molecular formula is C6H9NO2. The summed E-state index contributed by atoms with van der Waals surface area (Å²) < 4.78 is 0. The van der Waals surface area contributed by atoms with Crippen molar-refractivity contribution >= 4 is 5.97 Å². The van der Waals surface area contributed by atoms with E-state index in [1.807, 2.05) is 6.08 Å². The van der Waals surface area contributed by atoms with Crippen molar-refractivity contribution in [2.24, 2.45) is 11.7 Å². The largest absolute Gasteiger partial charge is 0.481 e. The molecule has 0 aliphatic heterocycles. The maximum Gasteiger partial charge on any atom is 0.308 e. The molecule has 0 spiro atoms. The molecule has 0 saturated heterocycles. The number of carbonyl (C=O) groups is 1. The van der Waals surface area contributed by atoms with Crippen molar-refractivity contribution in [1.29, 1.82) is 0 Å². The summed E-state index contributed by atoms with van der Waals surface area (Å²) in [4.78, 5) is 10.3. The average Bonchev–Trinajstić information content (AvgIpc) is 2.13. The van der Waals surface area contributed by atoms with Crippen LogP contribution in [0.4, 0.5) is 0 Å². The van der Waals surface area contributed by atoms with Gasteiger partial charge in [-0.15, -0.1) is 0 Å². The highest BCUT2D eigenvalue weighted by Gasteiger charge is 2.25. The molecule has 0 aromatic heterocycles. The molecule has 1 aliphatic rings. The topological polar surface area (TPSA) is 63.3 Å². The molecule has 0 amide bonds. The molecule has 1 rings (SSSR count). The van der Waals surface area contributed by atoms with Crippen LogP contribution >= 0.6 is 0 Å². The summed E-state index contributed by atoms with van der Waals surface area (Å²) >= 11 is 0. The van der Waals surface area contributed by atoms with E-state index in [0.29, 0.717) is 6.42 Å². The quantitative estimate of drug-likeness (QED) is 0.486. The second kappa shape index (κ2) is 2.19. The third kappa shape index (κ3) is 1.10. The summed E-state index contributed by atoms with van der Waals surface area (Å²) in [5, 5.41) is 8.46. The van der Waals surface area contributed by atoms with Crippen LogP contribution in [-0.4, -0.2) is 17.1 Å². The fourth-order valence-corrected chi connectivity index (χ4v) is 0.939. The number of nitrogens with two attached hydrogens (primary N) is 1. The van der Waals surface area contributed by atoms with Crippen LogP contribution in [0.25, 0.3) is 0 Å². The van der Waals surface area contributed by atoms with Gasteiger partial charge in [0.2, 0.25) is 0 Å². The van der Waals surface area contributed by atoms with Crippen LogP contribution in [0.15, 0.2) is 12.2 Å². The average molecular weight is 127 g/mol. The number of rotatable bonds is 1. The van der Waals surface area contributed by atoms with Crippen molar-refractivity contribution in [2.75, 3.05) is 0 Å². The van der Waals surface area contributed by atoms with Gasteiger partial charge in [-0.25, -0.2) is 0 Å². The van der Waals surface area contributed by atoms with Crippen LogP contribution in [0.5, 0.6) is 0 Å². The standard InChI is InChI=1S/C6H9NO2/c7-5-3-1-2-4(5)6(8)9/h1,3-5H,2,7H2,(H,8,9)/t4-,5+/m1/s1. The van der Waals surface area contributed by atoms with Gasteiger partial charge in [0.15, 0.2) is 0 Å². The van der Waals surface area contributed by atoms with Crippen molar-refractivity contribution in [2.45, 2.75) is 12.5 Å². The molecule has 0 radical (unpaired) electrons. The molecule has 0 unspecified atom stereocenters. The Bertz CT molecular complexity index is 153. The van der Waals surface area contributed by atoms with Crippen molar-refractivity contribution in [3.63, 3.8) is 0 Å². The lowest BCUT2D eigenvalue weighted by Gasteiger charge is -2.07. The number of carboxylic acid groups (broad SMARTS) is 1. The van der Waals surface area contributed by atoms with Crippen molar-refractivity contribution in [1.82, 2.24) is 0 Å². The Kier molecular flexibility index (Phi) is 1.53.